The summed E-state index contributed by atoms with van der Waals surface area (Å²) in [5, 5.41) is 0. The number of nitrogens with zero attached hydrogens (tertiary/aromatic N) is 1. The summed E-state index contributed by atoms with van der Waals surface area (Å²) in [6, 6.07) is 8.91. The van der Waals surface area contributed by atoms with Gasteiger partial charge in [0, 0.05) is 31.4 Å². The van der Waals surface area contributed by atoms with Crippen molar-refractivity contribution in [2.24, 2.45) is 5.73 Å². The van der Waals surface area contributed by atoms with Crippen molar-refractivity contribution in [2.45, 2.75) is 45.3 Å². The maximum atomic E-state index is 6.12. The zero-order valence-corrected chi connectivity index (χ0v) is 12.1. The molecular weight excluding hydrogens is 236 g/mol. The van der Waals surface area contributed by atoms with Crippen molar-refractivity contribution in [3.05, 3.63) is 29.8 Å². The van der Waals surface area contributed by atoms with E-state index in [9.17, 15) is 0 Å². The molecule has 1 aliphatic rings. The van der Waals surface area contributed by atoms with Crippen molar-refractivity contribution in [1.82, 2.24) is 0 Å². The minimum atomic E-state index is 0.252. The molecule has 0 spiro atoms. The smallest absolute Gasteiger partial charge is 0.0721 e. The van der Waals surface area contributed by atoms with E-state index < -0.39 is 0 Å². The number of ether oxygens (including phenoxy) is 1. The van der Waals surface area contributed by atoms with E-state index in [4.69, 9.17) is 10.5 Å². The lowest BCUT2D eigenvalue weighted by molar-refractivity contribution is 0.0821. The van der Waals surface area contributed by atoms with Gasteiger partial charge < -0.3 is 15.4 Å². The van der Waals surface area contributed by atoms with E-state index in [1.807, 2.05) is 0 Å². The summed E-state index contributed by atoms with van der Waals surface area (Å²) in [5.74, 6) is 0. The number of anilines is 1. The average molecular weight is 262 g/mol. The highest BCUT2D eigenvalue weighted by molar-refractivity contribution is 5.54. The predicted octanol–water partition coefficient (Wildman–Crippen LogP) is 2.58. The zero-order chi connectivity index (χ0) is 13.7. The Morgan fingerprint density at radius 1 is 1.42 bits per heavy atom. The highest BCUT2D eigenvalue weighted by atomic mass is 16.5. The number of para-hydroxylation sites is 1. The van der Waals surface area contributed by atoms with Gasteiger partial charge in [-0.3, -0.25) is 0 Å². The summed E-state index contributed by atoms with van der Waals surface area (Å²) in [5.41, 5.74) is 8.82. The Bertz CT molecular complexity index is 394. The Kier molecular flexibility index (Phi) is 5.23. The van der Waals surface area contributed by atoms with Gasteiger partial charge in [0.05, 0.1) is 6.10 Å². The fraction of sp³-hybridized carbons (Fsp3) is 0.625. The highest BCUT2D eigenvalue weighted by Gasteiger charge is 2.18. The predicted molar refractivity (Wildman–Crippen MR) is 80.7 cm³/mol. The Morgan fingerprint density at radius 3 is 3.00 bits per heavy atom. The fourth-order valence-electron chi connectivity index (χ4n) is 2.63. The minimum Gasteiger partial charge on any atom is -0.377 e. The molecule has 0 amide bonds. The third-order valence-electron chi connectivity index (χ3n) is 3.79. The van der Waals surface area contributed by atoms with Gasteiger partial charge in [-0.25, -0.2) is 0 Å². The first-order chi connectivity index (χ1) is 9.20. The third-order valence-corrected chi connectivity index (χ3v) is 3.79. The van der Waals surface area contributed by atoms with Crippen LogP contribution in [0.25, 0.3) is 0 Å². The van der Waals surface area contributed by atoms with E-state index >= 15 is 0 Å². The first-order valence-electron chi connectivity index (χ1n) is 7.40. The Morgan fingerprint density at radius 2 is 2.21 bits per heavy atom. The lowest BCUT2D eigenvalue weighted by atomic mass is 10.0. The molecule has 2 rings (SSSR count). The Hall–Kier alpha value is -1.06. The molecule has 1 aromatic rings. The molecule has 1 heterocycles. The number of hydrogen-bond acceptors (Lipinski definition) is 3. The van der Waals surface area contributed by atoms with E-state index in [2.05, 4.69) is 43.0 Å². The largest absolute Gasteiger partial charge is 0.377 e. The van der Waals surface area contributed by atoms with Gasteiger partial charge in [-0.2, -0.15) is 0 Å². The number of nitrogens with two attached hydrogens (primary N) is 1. The second-order valence-corrected chi connectivity index (χ2v) is 5.48. The van der Waals surface area contributed by atoms with Crippen LogP contribution in [0.5, 0.6) is 0 Å². The monoisotopic (exact) mass is 262 g/mol. The van der Waals surface area contributed by atoms with Gasteiger partial charge in [0.1, 0.15) is 0 Å². The van der Waals surface area contributed by atoms with E-state index in [0.29, 0.717) is 6.10 Å². The SMILES string of the molecule is CCC(N)Cc1ccccc1N1CCCOC(C)C1. The molecule has 2 N–H and O–H groups in total. The molecule has 19 heavy (non-hydrogen) atoms. The molecule has 0 radical (unpaired) electrons. The normalized spacial score (nSPS) is 22.1. The quantitative estimate of drug-likeness (QED) is 0.906. The number of hydrogen-bond donors (Lipinski definition) is 1. The summed E-state index contributed by atoms with van der Waals surface area (Å²) in [6.07, 6.45) is 3.38. The van der Waals surface area contributed by atoms with Gasteiger partial charge in [0.15, 0.2) is 0 Å². The molecule has 0 bridgehead atoms. The molecule has 2 unspecified atom stereocenters. The van der Waals surface area contributed by atoms with Crippen molar-refractivity contribution in [1.29, 1.82) is 0 Å². The first kappa shape index (κ1) is 14.4. The van der Waals surface area contributed by atoms with Crippen LogP contribution in [0.15, 0.2) is 24.3 Å². The van der Waals surface area contributed by atoms with Crippen molar-refractivity contribution >= 4 is 5.69 Å². The van der Waals surface area contributed by atoms with Crippen molar-refractivity contribution in [3.63, 3.8) is 0 Å². The molecule has 3 nitrogen and oxygen atoms in total. The van der Waals surface area contributed by atoms with Crippen LogP contribution in [0.1, 0.15) is 32.3 Å². The van der Waals surface area contributed by atoms with Crippen molar-refractivity contribution in [3.8, 4) is 0 Å². The number of benzene rings is 1. The molecular formula is C16H26N2O. The molecule has 1 fully saturated rings. The van der Waals surface area contributed by atoms with Gasteiger partial charge in [0.2, 0.25) is 0 Å². The molecule has 3 heteroatoms. The summed E-state index contributed by atoms with van der Waals surface area (Å²) < 4.78 is 5.73. The fourth-order valence-corrected chi connectivity index (χ4v) is 2.63. The molecule has 1 aromatic carbocycles. The second-order valence-electron chi connectivity index (χ2n) is 5.48. The van der Waals surface area contributed by atoms with Crippen LogP contribution in [-0.4, -0.2) is 31.8 Å². The maximum Gasteiger partial charge on any atom is 0.0721 e. The summed E-state index contributed by atoms with van der Waals surface area (Å²) in [7, 11) is 0. The van der Waals surface area contributed by atoms with Crippen LogP contribution in [0.4, 0.5) is 5.69 Å². The Labute approximate surface area is 116 Å². The zero-order valence-electron chi connectivity index (χ0n) is 12.1. The van der Waals surface area contributed by atoms with Crippen LogP contribution < -0.4 is 10.6 Å². The van der Waals surface area contributed by atoms with Gasteiger partial charge in [0.25, 0.3) is 0 Å². The third kappa shape index (κ3) is 3.95. The van der Waals surface area contributed by atoms with E-state index in [-0.39, 0.29) is 6.04 Å². The summed E-state index contributed by atoms with van der Waals surface area (Å²) >= 11 is 0. The molecule has 0 saturated carbocycles. The lowest BCUT2D eigenvalue weighted by Gasteiger charge is -2.27. The molecule has 1 aliphatic heterocycles. The van der Waals surface area contributed by atoms with Gasteiger partial charge in [-0.1, -0.05) is 25.1 Å². The lowest BCUT2D eigenvalue weighted by Crippen LogP contribution is -2.31. The van der Waals surface area contributed by atoms with Gasteiger partial charge >= 0.3 is 0 Å². The average Bonchev–Trinajstić information content (AvgIpc) is 2.64. The summed E-state index contributed by atoms with van der Waals surface area (Å²) in [4.78, 5) is 2.45. The van der Waals surface area contributed by atoms with Crippen LogP contribution in [0, 0.1) is 0 Å². The molecule has 2 atom stereocenters. The van der Waals surface area contributed by atoms with Crippen LogP contribution in [0.3, 0.4) is 0 Å². The van der Waals surface area contributed by atoms with Crippen LogP contribution in [-0.2, 0) is 11.2 Å². The first-order valence-corrected chi connectivity index (χ1v) is 7.40. The van der Waals surface area contributed by atoms with Crippen molar-refractivity contribution in [2.75, 3.05) is 24.6 Å². The van der Waals surface area contributed by atoms with E-state index in [1.54, 1.807) is 0 Å². The van der Waals surface area contributed by atoms with Crippen LogP contribution >= 0.6 is 0 Å². The maximum absolute atomic E-state index is 6.12. The van der Waals surface area contributed by atoms with E-state index in [1.165, 1.54) is 11.3 Å². The van der Waals surface area contributed by atoms with Crippen LogP contribution in [0.2, 0.25) is 0 Å². The molecule has 106 valence electrons. The van der Waals surface area contributed by atoms with Gasteiger partial charge in [-0.05, 0) is 37.8 Å². The highest BCUT2D eigenvalue weighted by Crippen LogP contribution is 2.24. The second kappa shape index (κ2) is 6.92. The molecule has 0 aromatic heterocycles. The molecule has 0 aliphatic carbocycles. The van der Waals surface area contributed by atoms with Gasteiger partial charge in [-0.15, -0.1) is 0 Å². The topological polar surface area (TPSA) is 38.5 Å². The summed E-state index contributed by atoms with van der Waals surface area (Å²) in [6.45, 7) is 7.21. The van der Waals surface area contributed by atoms with E-state index in [0.717, 1.165) is 39.0 Å². The minimum absolute atomic E-state index is 0.252. The van der Waals surface area contributed by atoms with Crippen molar-refractivity contribution < 1.29 is 4.74 Å². The number of rotatable bonds is 4. The molecule has 1 saturated heterocycles. The Balaban J connectivity index is 2.17. The standard InChI is InChI=1S/C16H26N2O/c1-3-15(17)11-14-7-4-5-8-16(14)18-9-6-10-19-13(2)12-18/h4-5,7-8,13,15H,3,6,9-12,17H2,1-2H3.